The monoisotopic (exact) mass is 420 g/mol. The maximum Gasteiger partial charge on any atom is 0.161 e. The van der Waals surface area contributed by atoms with Gasteiger partial charge in [0.25, 0.3) is 0 Å². The van der Waals surface area contributed by atoms with Crippen LogP contribution in [0.3, 0.4) is 0 Å². The zero-order chi connectivity index (χ0) is 21.4. The summed E-state index contributed by atoms with van der Waals surface area (Å²) in [6.45, 7) is 3.20. The summed E-state index contributed by atoms with van der Waals surface area (Å²) in [6, 6.07) is -1.09. The first-order chi connectivity index (χ1) is 13.8. The fourth-order valence-electron chi connectivity index (χ4n) is 4.93. The molecule has 0 aromatic heterocycles. The van der Waals surface area contributed by atoms with Gasteiger partial charge in [-0.15, -0.1) is 0 Å². The Labute approximate surface area is 170 Å². The van der Waals surface area contributed by atoms with Crippen molar-refractivity contribution in [3.8, 4) is 0 Å². The first-order valence-corrected chi connectivity index (χ1v) is 10.4. The van der Waals surface area contributed by atoms with Crippen molar-refractivity contribution in [3.63, 3.8) is 0 Å². The first-order valence-electron chi connectivity index (χ1n) is 10.4. The van der Waals surface area contributed by atoms with Gasteiger partial charge in [-0.1, -0.05) is 20.3 Å². The molecule has 0 saturated carbocycles. The summed E-state index contributed by atoms with van der Waals surface area (Å²) in [5.41, 5.74) is 4.60. The lowest BCUT2D eigenvalue weighted by atomic mass is 9.70. The molecule has 10 heteroatoms. The summed E-state index contributed by atoms with van der Waals surface area (Å²) in [5, 5.41) is 53.1. The van der Waals surface area contributed by atoms with Gasteiger partial charge in [0.2, 0.25) is 0 Å². The van der Waals surface area contributed by atoms with Crippen molar-refractivity contribution < 1.29 is 39.7 Å². The second kappa shape index (κ2) is 8.99. The molecule has 3 aliphatic heterocycles. The lowest BCUT2D eigenvalue weighted by Crippen LogP contribution is -2.65. The van der Waals surface area contributed by atoms with E-state index in [0.29, 0.717) is 6.42 Å². The van der Waals surface area contributed by atoms with Gasteiger partial charge in [0.1, 0.15) is 0 Å². The largest absolute Gasteiger partial charge is 0.394 e. The molecule has 8 N–H and O–H groups in total. The molecule has 10 atom stereocenters. The highest BCUT2D eigenvalue weighted by Crippen LogP contribution is 2.42. The Morgan fingerprint density at radius 3 is 2.41 bits per heavy atom. The van der Waals surface area contributed by atoms with Crippen molar-refractivity contribution in [2.45, 2.75) is 75.0 Å². The minimum Gasteiger partial charge on any atom is -0.394 e. The Morgan fingerprint density at radius 2 is 1.83 bits per heavy atom. The summed E-state index contributed by atoms with van der Waals surface area (Å²) in [7, 11) is 0. The van der Waals surface area contributed by atoms with E-state index in [4.69, 9.17) is 19.9 Å². The van der Waals surface area contributed by atoms with E-state index in [1.165, 1.54) is 0 Å². The number of aliphatic hydroxyl groups is 5. The van der Waals surface area contributed by atoms with Crippen molar-refractivity contribution in [3.05, 3.63) is 0 Å². The molecule has 0 aromatic rings. The van der Waals surface area contributed by atoms with Crippen LogP contribution in [0.5, 0.6) is 0 Å². The molecule has 3 saturated heterocycles. The number of hydrogen-bond donors (Lipinski definition) is 7. The zero-order valence-electron chi connectivity index (χ0n) is 17.1. The quantitative estimate of drug-likeness (QED) is 0.194. The fourth-order valence-corrected chi connectivity index (χ4v) is 4.93. The molecular weight excluding hydrogens is 384 g/mol. The Morgan fingerprint density at radius 1 is 1.10 bits per heavy atom. The molecule has 3 rings (SSSR count). The number of fused-ring (bicyclic) bond motifs is 1. The van der Waals surface area contributed by atoms with Crippen molar-refractivity contribution >= 4 is 0 Å². The van der Waals surface area contributed by atoms with Gasteiger partial charge in [-0.05, 0) is 6.42 Å². The van der Waals surface area contributed by atoms with Crippen LogP contribution in [0.15, 0.2) is 0 Å². The Bertz CT molecular complexity index is 552. The van der Waals surface area contributed by atoms with Gasteiger partial charge in [-0.3, -0.25) is 5.32 Å². The highest BCUT2D eigenvalue weighted by Gasteiger charge is 2.65. The number of rotatable bonds is 9. The van der Waals surface area contributed by atoms with Crippen LogP contribution in [0.1, 0.15) is 26.7 Å². The molecule has 0 amide bonds. The molecule has 0 aromatic carbocycles. The molecule has 0 radical (unpaired) electrons. The van der Waals surface area contributed by atoms with Crippen molar-refractivity contribution in [2.24, 2.45) is 17.1 Å². The second-order valence-corrected chi connectivity index (χ2v) is 8.82. The summed E-state index contributed by atoms with van der Waals surface area (Å²) in [4.78, 5) is 0. The molecule has 3 heterocycles. The highest BCUT2D eigenvalue weighted by molar-refractivity contribution is 5.16. The molecule has 0 aliphatic carbocycles. The molecule has 10 unspecified atom stereocenters. The maximum atomic E-state index is 10.8. The summed E-state index contributed by atoms with van der Waals surface area (Å²) < 4.78 is 17.4. The smallest absolute Gasteiger partial charge is 0.161 e. The molecule has 170 valence electrons. The minimum atomic E-state index is -0.986. The lowest BCUT2D eigenvalue weighted by Gasteiger charge is -2.50. The van der Waals surface area contributed by atoms with E-state index < -0.39 is 59.7 Å². The third kappa shape index (κ3) is 4.08. The van der Waals surface area contributed by atoms with Crippen LogP contribution >= 0.6 is 0 Å². The van der Waals surface area contributed by atoms with E-state index in [-0.39, 0.29) is 33.0 Å². The average molecular weight is 421 g/mol. The number of ether oxygens (including phenoxy) is 3. The predicted octanol–water partition coefficient (Wildman–Crippen LogP) is -2.71. The van der Waals surface area contributed by atoms with Crippen LogP contribution in [-0.2, 0) is 14.2 Å². The molecule has 29 heavy (non-hydrogen) atoms. The van der Waals surface area contributed by atoms with Gasteiger partial charge >= 0.3 is 0 Å². The third-order valence-electron chi connectivity index (χ3n) is 6.94. The standard InChI is InChI=1S/C19H36N2O8/c1-3-4-18(2)13(6-23)28-12(14(20)17(18)26)8-27-7-10-11(5-22)29-19(9-24)16(21-19)15(10)25/h10-17,21-26H,3-9,20H2,1-2H3. The van der Waals surface area contributed by atoms with Crippen molar-refractivity contribution in [1.29, 1.82) is 0 Å². The zero-order valence-corrected chi connectivity index (χ0v) is 17.1. The van der Waals surface area contributed by atoms with E-state index in [9.17, 15) is 25.5 Å². The predicted molar refractivity (Wildman–Crippen MR) is 102 cm³/mol. The number of nitrogens with two attached hydrogens (primary N) is 1. The van der Waals surface area contributed by atoms with Crippen LogP contribution in [0.4, 0.5) is 0 Å². The van der Waals surface area contributed by atoms with Crippen LogP contribution in [0, 0.1) is 11.3 Å². The van der Waals surface area contributed by atoms with Crippen LogP contribution in [-0.4, -0.2) is 107 Å². The van der Waals surface area contributed by atoms with Gasteiger partial charge in [0, 0.05) is 11.3 Å². The first kappa shape index (κ1) is 23.3. The van der Waals surface area contributed by atoms with E-state index in [2.05, 4.69) is 5.32 Å². The average Bonchev–Trinajstić information content (AvgIpc) is 3.45. The van der Waals surface area contributed by atoms with Gasteiger partial charge in [0.05, 0.1) is 75.6 Å². The number of nitrogens with one attached hydrogen (secondary N) is 1. The molecule has 0 spiro atoms. The fraction of sp³-hybridized carbons (Fsp3) is 1.00. The van der Waals surface area contributed by atoms with Gasteiger partial charge in [0.15, 0.2) is 5.72 Å². The molecule has 3 aliphatic rings. The lowest BCUT2D eigenvalue weighted by molar-refractivity contribution is -0.220. The molecule has 3 fully saturated rings. The third-order valence-corrected chi connectivity index (χ3v) is 6.94. The number of aliphatic hydroxyl groups excluding tert-OH is 5. The van der Waals surface area contributed by atoms with E-state index >= 15 is 0 Å². The number of hydrogen-bond acceptors (Lipinski definition) is 10. The van der Waals surface area contributed by atoms with Gasteiger partial charge in [-0.25, -0.2) is 0 Å². The summed E-state index contributed by atoms with van der Waals surface area (Å²) >= 11 is 0. The van der Waals surface area contributed by atoms with Crippen LogP contribution in [0.2, 0.25) is 0 Å². The van der Waals surface area contributed by atoms with Crippen molar-refractivity contribution in [1.82, 2.24) is 5.32 Å². The molecule has 10 nitrogen and oxygen atoms in total. The van der Waals surface area contributed by atoms with Crippen LogP contribution in [0.25, 0.3) is 0 Å². The van der Waals surface area contributed by atoms with Crippen molar-refractivity contribution in [2.75, 3.05) is 33.0 Å². The Kier molecular flexibility index (Phi) is 7.22. The van der Waals surface area contributed by atoms with Gasteiger partial charge < -0.3 is 45.5 Å². The van der Waals surface area contributed by atoms with Gasteiger partial charge in [-0.2, -0.15) is 0 Å². The topological polar surface area (TPSA) is 177 Å². The summed E-state index contributed by atoms with van der Waals surface area (Å²) in [5.74, 6) is -0.497. The second-order valence-electron chi connectivity index (χ2n) is 8.82. The van der Waals surface area contributed by atoms with E-state index in [1.54, 1.807) is 0 Å². The maximum absolute atomic E-state index is 10.8. The summed E-state index contributed by atoms with van der Waals surface area (Å²) in [6.07, 6.45) is -2.06. The molecular formula is C19H36N2O8. The molecule has 0 bridgehead atoms. The van der Waals surface area contributed by atoms with Crippen LogP contribution < -0.4 is 11.1 Å². The highest BCUT2D eigenvalue weighted by atomic mass is 16.6. The minimum absolute atomic E-state index is 0.0710. The Hall–Kier alpha value is -0.400. The Balaban J connectivity index is 1.57. The normalized spacial score (nSPS) is 49.7. The van der Waals surface area contributed by atoms with E-state index in [0.717, 1.165) is 6.42 Å². The van der Waals surface area contributed by atoms with E-state index in [1.807, 2.05) is 13.8 Å². The SMILES string of the molecule is CCCC1(C)C(CO)OC(COCC2C(CO)OC3(CO)NC3C2O)C(N)C1O.